The summed E-state index contributed by atoms with van der Waals surface area (Å²) in [5, 5.41) is 0. The van der Waals surface area contributed by atoms with Crippen molar-refractivity contribution in [2.75, 3.05) is 44.2 Å². The Bertz CT molecular complexity index is 799. The van der Waals surface area contributed by atoms with E-state index in [0.29, 0.717) is 11.6 Å². The molecule has 1 fully saturated rings. The summed E-state index contributed by atoms with van der Waals surface area (Å²) in [6, 6.07) is 10.1. The van der Waals surface area contributed by atoms with Crippen LogP contribution < -0.4 is 4.90 Å². The molecule has 0 aliphatic carbocycles. The number of aryl methyl sites for hydroxylation is 2. The van der Waals surface area contributed by atoms with Crippen molar-refractivity contribution in [1.82, 2.24) is 19.8 Å². The zero-order valence-corrected chi connectivity index (χ0v) is 16.8. The van der Waals surface area contributed by atoms with Gasteiger partial charge in [0.25, 0.3) is 5.91 Å². The lowest BCUT2D eigenvalue weighted by molar-refractivity contribution is 0.0637. The number of likely N-dealkylation sites (N-methyl/N-ethyl adjacent to an activating group) is 1. The fourth-order valence-electron chi connectivity index (χ4n) is 3.45. The number of carbonyl (C=O) groups excluding carboxylic acids is 1. The van der Waals surface area contributed by atoms with Gasteiger partial charge < -0.3 is 14.7 Å². The molecule has 1 aliphatic heterocycles. The minimum atomic E-state index is -0.00204. The molecule has 1 aromatic carbocycles. The summed E-state index contributed by atoms with van der Waals surface area (Å²) >= 11 is 0. The maximum absolute atomic E-state index is 13.0. The molecule has 0 saturated carbocycles. The summed E-state index contributed by atoms with van der Waals surface area (Å²) in [7, 11) is 0. The van der Waals surface area contributed by atoms with Gasteiger partial charge in [-0.2, -0.15) is 0 Å². The highest BCUT2D eigenvalue weighted by Gasteiger charge is 2.24. The molecule has 0 spiro atoms. The van der Waals surface area contributed by atoms with Crippen LogP contribution in [0.25, 0.3) is 0 Å². The van der Waals surface area contributed by atoms with Gasteiger partial charge in [0, 0.05) is 44.1 Å². The van der Waals surface area contributed by atoms with Crippen LogP contribution in [0.15, 0.2) is 30.3 Å². The van der Waals surface area contributed by atoms with E-state index in [4.69, 9.17) is 0 Å². The number of rotatable bonds is 5. The van der Waals surface area contributed by atoms with Gasteiger partial charge in [-0.1, -0.05) is 19.1 Å². The Hall–Kier alpha value is -2.47. The predicted octanol–water partition coefficient (Wildman–Crippen LogP) is 3.03. The standard InChI is InChI=1S/C21H29N5O/c1-5-24-10-12-25(13-11-24)20(27)19-15-17(4)22-21(23-19)26(6-2)18-9-7-8-16(3)14-18/h7-9,14-15H,5-6,10-13H2,1-4H3. The lowest BCUT2D eigenvalue weighted by Crippen LogP contribution is -2.48. The number of aromatic nitrogens is 2. The zero-order valence-electron chi connectivity index (χ0n) is 16.8. The average molecular weight is 367 g/mol. The van der Waals surface area contributed by atoms with E-state index < -0.39 is 0 Å². The summed E-state index contributed by atoms with van der Waals surface area (Å²) < 4.78 is 0. The smallest absolute Gasteiger partial charge is 0.272 e. The van der Waals surface area contributed by atoms with Gasteiger partial charge in [-0.05, 0) is 51.1 Å². The summed E-state index contributed by atoms with van der Waals surface area (Å²) in [6.45, 7) is 13.3. The summed E-state index contributed by atoms with van der Waals surface area (Å²) in [5.74, 6) is 0.580. The number of nitrogens with zero attached hydrogens (tertiary/aromatic N) is 5. The van der Waals surface area contributed by atoms with E-state index in [1.54, 1.807) is 6.07 Å². The van der Waals surface area contributed by atoms with Crippen molar-refractivity contribution in [3.63, 3.8) is 0 Å². The molecule has 0 unspecified atom stereocenters. The van der Waals surface area contributed by atoms with E-state index in [2.05, 4.69) is 47.8 Å². The molecule has 1 amide bonds. The van der Waals surface area contributed by atoms with Gasteiger partial charge in [0.15, 0.2) is 0 Å². The first-order valence-electron chi connectivity index (χ1n) is 9.73. The fraction of sp³-hybridized carbons (Fsp3) is 0.476. The molecule has 0 N–H and O–H groups in total. The van der Waals surface area contributed by atoms with Crippen LogP contribution >= 0.6 is 0 Å². The minimum Gasteiger partial charge on any atom is -0.335 e. The van der Waals surface area contributed by atoms with Gasteiger partial charge in [0.2, 0.25) is 5.95 Å². The number of piperazine rings is 1. The first-order chi connectivity index (χ1) is 13.0. The largest absolute Gasteiger partial charge is 0.335 e. The molecule has 144 valence electrons. The molecule has 3 rings (SSSR count). The Kier molecular flexibility index (Phi) is 6.06. The van der Waals surface area contributed by atoms with Crippen molar-refractivity contribution in [2.24, 2.45) is 0 Å². The molecular weight excluding hydrogens is 338 g/mol. The van der Waals surface area contributed by atoms with Crippen LogP contribution in [0.3, 0.4) is 0 Å². The highest BCUT2D eigenvalue weighted by atomic mass is 16.2. The van der Waals surface area contributed by atoms with Gasteiger partial charge in [0.1, 0.15) is 5.69 Å². The third kappa shape index (κ3) is 4.45. The second-order valence-electron chi connectivity index (χ2n) is 7.00. The number of hydrogen-bond donors (Lipinski definition) is 0. The van der Waals surface area contributed by atoms with Crippen LogP contribution in [0.5, 0.6) is 0 Å². The molecule has 0 radical (unpaired) electrons. The van der Waals surface area contributed by atoms with Crippen LogP contribution in [0, 0.1) is 13.8 Å². The van der Waals surface area contributed by atoms with Gasteiger partial charge in [-0.25, -0.2) is 9.97 Å². The Morgan fingerprint density at radius 2 is 1.81 bits per heavy atom. The molecule has 2 aromatic rings. The number of carbonyl (C=O) groups is 1. The molecule has 6 heteroatoms. The molecule has 1 saturated heterocycles. The maximum Gasteiger partial charge on any atom is 0.272 e. The zero-order chi connectivity index (χ0) is 19.4. The Labute approximate surface area is 161 Å². The molecule has 1 aromatic heterocycles. The van der Waals surface area contributed by atoms with Crippen molar-refractivity contribution in [3.05, 3.63) is 47.3 Å². The lowest BCUT2D eigenvalue weighted by atomic mass is 10.2. The van der Waals surface area contributed by atoms with Crippen LogP contribution in [0.4, 0.5) is 11.6 Å². The molecule has 6 nitrogen and oxygen atoms in total. The van der Waals surface area contributed by atoms with E-state index in [0.717, 1.165) is 50.6 Å². The normalized spacial score (nSPS) is 15.0. The van der Waals surface area contributed by atoms with Crippen LogP contribution in [-0.2, 0) is 0 Å². The monoisotopic (exact) mass is 367 g/mol. The Morgan fingerprint density at radius 3 is 2.44 bits per heavy atom. The Morgan fingerprint density at radius 1 is 1.07 bits per heavy atom. The molecule has 0 atom stereocenters. The second-order valence-corrected chi connectivity index (χ2v) is 7.00. The van der Waals surface area contributed by atoms with Gasteiger partial charge >= 0.3 is 0 Å². The second kappa shape index (κ2) is 8.48. The van der Waals surface area contributed by atoms with Crippen molar-refractivity contribution >= 4 is 17.5 Å². The van der Waals surface area contributed by atoms with E-state index in [9.17, 15) is 4.79 Å². The van der Waals surface area contributed by atoms with Crippen molar-refractivity contribution in [3.8, 4) is 0 Å². The van der Waals surface area contributed by atoms with Crippen molar-refractivity contribution in [2.45, 2.75) is 27.7 Å². The fourth-order valence-corrected chi connectivity index (χ4v) is 3.45. The summed E-state index contributed by atoms with van der Waals surface area (Å²) in [4.78, 5) is 28.5. The van der Waals surface area contributed by atoms with Gasteiger partial charge in [-0.15, -0.1) is 0 Å². The van der Waals surface area contributed by atoms with Crippen LogP contribution in [0.1, 0.15) is 35.6 Å². The number of hydrogen-bond acceptors (Lipinski definition) is 5. The van der Waals surface area contributed by atoms with Crippen molar-refractivity contribution < 1.29 is 4.79 Å². The molecule has 0 bridgehead atoms. The minimum absolute atomic E-state index is 0.00204. The SMILES string of the molecule is CCN1CCN(C(=O)c2cc(C)nc(N(CC)c3cccc(C)c3)n2)CC1. The quantitative estimate of drug-likeness (QED) is 0.813. The number of anilines is 2. The third-order valence-electron chi connectivity index (χ3n) is 5.04. The first-order valence-corrected chi connectivity index (χ1v) is 9.73. The molecular formula is C21H29N5O. The average Bonchev–Trinajstić information content (AvgIpc) is 2.68. The number of benzene rings is 1. The third-order valence-corrected chi connectivity index (χ3v) is 5.04. The topological polar surface area (TPSA) is 52.6 Å². The lowest BCUT2D eigenvalue weighted by Gasteiger charge is -2.34. The van der Waals surface area contributed by atoms with Crippen molar-refractivity contribution in [1.29, 1.82) is 0 Å². The molecule has 2 heterocycles. The Balaban J connectivity index is 1.86. The van der Waals surface area contributed by atoms with E-state index in [1.165, 1.54) is 5.56 Å². The van der Waals surface area contributed by atoms with Gasteiger partial charge in [-0.3, -0.25) is 4.79 Å². The van der Waals surface area contributed by atoms with Crippen LogP contribution in [0.2, 0.25) is 0 Å². The molecule has 27 heavy (non-hydrogen) atoms. The predicted molar refractivity (Wildman–Crippen MR) is 109 cm³/mol. The maximum atomic E-state index is 13.0. The van der Waals surface area contributed by atoms with E-state index in [1.807, 2.05) is 28.9 Å². The molecule has 1 aliphatic rings. The van der Waals surface area contributed by atoms with E-state index >= 15 is 0 Å². The first kappa shape index (κ1) is 19.3. The highest BCUT2D eigenvalue weighted by Crippen LogP contribution is 2.23. The highest BCUT2D eigenvalue weighted by molar-refractivity contribution is 5.93. The number of amides is 1. The summed E-state index contributed by atoms with van der Waals surface area (Å²) in [5.41, 5.74) is 3.51. The van der Waals surface area contributed by atoms with E-state index in [-0.39, 0.29) is 5.91 Å². The van der Waals surface area contributed by atoms with Crippen LogP contribution in [-0.4, -0.2) is 64.9 Å². The van der Waals surface area contributed by atoms with Gasteiger partial charge in [0.05, 0.1) is 0 Å². The summed E-state index contributed by atoms with van der Waals surface area (Å²) in [6.07, 6.45) is 0.